The molecule has 0 fully saturated rings. The number of aliphatic hydroxyl groups excluding tert-OH is 1. The van der Waals surface area contributed by atoms with Crippen LogP contribution in [0.2, 0.25) is 0 Å². The van der Waals surface area contributed by atoms with Gasteiger partial charge in [0.25, 0.3) is 0 Å². The van der Waals surface area contributed by atoms with Crippen molar-refractivity contribution in [3.63, 3.8) is 0 Å². The van der Waals surface area contributed by atoms with E-state index in [4.69, 9.17) is 5.11 Å². The molecule has 0 aliphatic carbocycles. The lowest BCUT2D eigenvalue weighted by Gasteiger charge is -2.07. The molecule has 1 atom stereocenters. The highest BCUT2D eigenvalue weighted by atomic mass is 79.9. The highest BCUT2D eigenvalue weighted by molar-refractivity contribution is 9.10. The molecule has 1 N–H and O–H groups in total. The lowest BCUT2D eigenvalue weighted by atomic mass is 10.2. The van der Waals surface area contributed by atoms with Gasteiger partial charge >= 0.3 is 0 Å². The molecular weight excluding hydrogens is 260 g/mol. The van der Waals surface area contributed by atoms with Crippen LogP contribution in [0.5, 0.6) is 0 Å². The summed E-state index contributed by atoms with van der Waals surface area (Å²) in [4.78, 5) is 0. The van der Waals surface area contributed by atoms with Crippen molar-refractivity contribution in [3.8, 4) is 0 Å². The highest BCUT2D eigenvalue weighted by Gasteiger charge is 2.00. The molecule has 0 spiro atoms. The fraction of sp³-hybridized carbons (Fsp3) is 0.455. The molecule has 1 aromatic carbocycles. The maximum absolute atomic E-state index is 8.86. The molecular formula is C11H15BrOS. The summed E-state index contributed by atoms with van der Waals surface area (Å²) in [5.74, 6) is 2.43. The summed E-state index contributed by atoms with van der Waals surface area (Å²) in [5.41, 5.74) is 1.33. The number of aliphatic hydroxyl groups is 1. The van der Waals surface area contributed by atoms with Crippen LogP contribution < -0.4 is 0 Å². The van der Waals surface area contributed by atoms with Crippen molar-refractivity contribution < 1.29 is 5.11 Å². The minimum absolute atomic E-state index is 0.283. The molecule has 78 valence electrons. The van der Waals surface area contributed by atoms with E-state index in [0.717, 1.165) is 16.0 Å². The topological polar surface area (TPSA) is 20.2 Å². The summed E-state index contributed by atoms with van der Waals surface area (Å²) in [6.07, 6.45) is 0. The summed E-state index contributed by atoms with van der Waals surface area (Å²) in [7, 11) is 0. The lowest BCUT2D eigenvalue weighted by Crippen LogP contribution is -2.03. The number of halogens is 1. The first-order valence-electron chi connectivity index (χ1n) is 4.65. The van der Waals surface area contributed by atoms with Gasteiger partial charge < -0.3 is 5.11 Å². The first-order chi connectivity index (χ1) is 6.72. The Morgan fingerprint density at radius 2 is 2.29 bits per heavy atom. The van der Waals surface area contributed by atoms with Crippen LogP contribution in [0.15, 0.2) is 28.7 Å². The number of benzene rings is 1. The molecule has 0 amide bonds. The van der Waals surface area contributed by atoms with E-state index in [1.54, 1.807) is 0 Å². The van der Waals surface area contributed by atoms with Gasteiger partial charge in [0.1, 0.15) is 0 Å². The SMILES string of the molecule is CC(CO)CSCc1cccc(Br)c1. The quantitative estimate of drug-likeness (QED) is 0.889. The van der Waals surface area contributed by atoms with E-state index in [1.807, 2.05) is 17.8 Å². The first-order valence-corrected chi connectivity index (χ1v) is 6.60. The summed E-state index contributed by atoms with van der Waals surface area (Å²) >= 11 is 5.31. The van der Waals surface area contributed by atoms with Crippen molar-refractivity contribution in [3.05, 3.63) is 34.3 Å². The van der Waals surface area contributed by atoms with Gasteiger partial charge in [0.05, 0.1) is 0 Å². The molecule has 0 aromatic heterocycles. The summed E-state index contributed by atoms with van der Waals surface area (Å²) in [6.45, 7) is 2.35. The third-order valence-electron chi connectivity index (χ3n) is 1.87. The Morgan fingerprint density at radius 1 is 1.50 bits per heavy atom. The Kier molecular flexibility index (Phi) is 5.60. The third-order valence-corrected chi connectivity index (χ3v) is 3.71. The molecule has 0 radical (unpaired) electrons. The maximum Gasteiger partial charge on any atom is 0.0464 e. The Labute approximate surface area is 98.0 Å². The van der Waals surface area contributed by atoms with E-state index in [-0.39, 0.29) is 6.61 Å². The predicted octanol–water partition coefficient (Wildman–Crippen LogP) is 3.31. The van der Waals surface area contributed by atoms with Gasteiger partial charge in [-0.15, -0.1) is 0 Å². The summed E-state index contributed by atoms with van der Waals surface area (Å²) in [5, 5.41) is 8.86. The largest absolute Gasteiger partial charge is 0.396 e. The monoisotopic (exact) mass is 274 g/mol. The predicted molar refractivity (Wildman–Crippen MR) is 66.6 cm³/mol. The van der Waals surface area contributed by atoms with Crippen LogP contribution in [0.25, 0.3) is 0 Å². The Morgan fingerprint density at radius 3 is 2.93 bits per heavy atom. The van der Waals surface area contributed by atoms with Crippen LogP contribution in [-0.2, 0) is 5.75 Å². The van der Waals surface area contributed by atoms with E-state index >= 15 is 0 Å². The molecule has 14 heavy (non-hydrogen) atoms. The van der Waals surface area contributed by atoms with Crippen molar-refractivity contribution >= 4 is 27.7 Å². The fourth-order valence-electron chi connectivity index (χ4n) is 1.06. The average molecular weight is 275 g/mol. The minimum Gasteiger partial charge on any atom is -0.396 e. The Hall–Kier alpha value is 0.01000. The normalized spacial score (nSPS) is 12.8. The smallest absolute Gasteiger partial charge is 0.0464 e. The van der Waals surface area contributed by atoms with Gasteiger partial charge in [-0.2, -0.15) is 11.8 Å². The first kappa shape index (κ1) is 12.1. The second-order valence-corrected chi connectivity index (χ2v) is 5.38. The third kappa shape index (κ3) is 4.49. The molecule has 0 saturated carbocycles. The zero-order valence-electron chi connectivity index (χ0n) is 8.24. The minimum atomic E-state index is 0.283. The van der Waals surface area contributed by atoms with E-state index < -0.39 is 0 Å². The molecule has 3 heteroatoms. The van der Waals surface area contributed by atoms with Crippen LogP contribution in [0.3, 0.4) is 0 Å². The zero-order chi connectivity index (χ0) is 10.4. The Bertz CT molecular complexity index is 278. The number of hydrogen-bond acceptors (Lipinski definition) is 2. The van der Waals surface area contributed by atoms with Gasteiger partial charge in [-0.05, 0) is 29.4 Å². The average Bonchev–Trinajstić information content (AvgIpc) is 2.17. The van der Waals surface area contributed by atoms with Gasteiger partial charge in [0.2, 0.25) is 0 Å². The number of thioether (sulfide) groups is 1. The van der Waals surface area contributed by atoms with E-state index in [2.05, 4.69) is 41.1 Å². The van der Waals surface area contributed by atoms with Crippen molar-refractivity contribution in [1.82, 2.24) is 0 Å². The molecule has 1 unspecified atom stereocenters. The van der Waals surface area contributed by atoms with Gasteiger partial charge in [0, 0.05) is 16.8 Å². The van der Waals surface area contributed by atoms with Crippen LogP contribution in [0.1, 0.15) is 12.5 Å². The van der Waals surface area contributed by atoms with Crippen molar-refractivity contribution in [1.29, 1.82) is 0 Å². The Balaban J connectivity index is 2.31. The van der Waals surface area contributed by atoms with Crippen LogP contribution in [0, 0.1) is 5.92 Å². The second-order valence-electron chi connectivity index (χ2n) is 3.43. The molecule has 0 aliphatic rings. The number of rotatable bonds is 5. The van der Waals surface area contributed by atoms with E-state index in [1.165, 1.54) is 5.56 Å². The van der Waals surface area contributed by atoms with Gasteiger partial charge in [0.15, 0.2) is 0 Å². The van der Waals surface area contributed by atoms with E-state index in [9.17, 15) is 0 Å². The van der Waals surface area contributed by atoms with Crippen molar-refractivity contribution in [2.75, 3.05) is 12.4 Å². The fourth-order valence-corrected chi connectivity index (χ4v) is 2.54. The lowest BCUT2D eigenvalue weighted by molar-refractivity contribution is 0.250. The van der Waals surface area contributed by atoms with Crippen LogP contribution >= 0.6 is 27.7 Å². The van der Waals surface area contributed by atoms with Gasteiger partial charge in [-0.1, -0.05) is 35.0 Å². The highest BCUT2D eigenvalue weighted by Crippen LogP contribution is 2.18. The molecule has 0 heterocycles. The molecule has 0 saturated heterocycles. The van der Waals surface area contributed by atoms with Crippen molar-refractivity contribution in [2.45, 2.75) is 12.7 Å². The van der Waals surface area contributed by atoms with E-state index in [0.29, 0.717) is 5.92 Å². The molecule has 1 aromatic rings. The zero-order valence-corrected chi connectivity index (χ0v) is 10.6. The van der Waals surface area contributed by atoms with Crippen molar-refractivity contribution in [2.24, 2.45) is 5.92 Å². The molecule has 0 aliphatic heterocycles. The molecule has 1 rings (SSSR count). The summed E-state index contributed by atoms with van der Waals surface area (Å²) < 4.78 is 1.13. The molecule has 1 nitrogen and oxygen atoms in total. The van der Waals surface area contributed by atoms with Crippen LogP contribution in [-0.4, -0.2) is 17.5 Å². The number of hydrogen-bond donors (Lipinski definition) is 1. The van der Waals surface area contributed by atoms with Gasteiger partial charge in [-0.3, -0.25) is 0 Å². The maximum atomic E-state index is 8.86. The van der Waals surface area contributed by atoms with Gasteiger partial charge in [-0.25, -0.2) is 0 Å². The van der Waals surface area contributed by atoms with Crippen LogP contribution in [0.4, 0.5) is 0 Å². The second kappa shape index (κ2) is 6.49. The molecule has 0 bridgehead atoms. The standard InChI is InChI=1S/C11H15BrOS/c1-9(6-13)7-14-8-10-3-2-4-11(12)5-10/h2-5,9,13H,6-8H2,1H3. The summed E-state index contributed by atoms with van der Waals surface area (Å²) in [6, 6.07) is 8.35.